The Kier molecular flexibility index (Phi) is 2.61. The highest BCUT2D eigenvalue weighted by molar-refractivity contribution is 5.13. The number of aryl methyl sites for hydroxylation is 1. The van der Waals surface area contributed by atoms with E-state index in [2.05, 4.69) is 43.0 Å². The zero-order valence-corrected chi connectivity index (χ0v) is 11.0. The van der Waals surface area contributed by atoms with Crippen LogP contribution in [0.5, 0.6) is 0 Å². The van der Waals surface area contributed by atoms with Crippen LogP contribution in [0.3, 0.4) is 0 Å². The average Bonchev–Trinajstić information content (AvgIpc) is 2.53. The largest absolute Gasteiger partial charge is 0.345 e. The molecule has 2 N–H and O–H groups in total. The van der Waals surface area contributed by atoms with Gasteiger partial charge in [0.2, 0.25) is 0 Å². The predicted octanol–water partition coefficient (Wildman–Crippen LogP) is 2.49. The van der Waals surface area contributed by atoms with E-state index in [-0.39, 0.29) is 0 Å². The molecule has 0 saturated heterocycles. The highest BCUT2D eigenvalue weighted by atomic mass is 15.0. The molecule has 0 unspecified atom stereocenters. The van der Waals surface area contributed by atoms with Crippen LogP contribution in [0.1, 0.15) is 39.2 Å². The van der Waals surface area contributed by atoms with Gasteiger partial charge in [-0.3, -0.25) is 0 Å². The lowest BCUT2D eigenvalue weighted by molar-refractivity contribution is 0.457. The monoisotopic (exact) mass is 221 g/mol. The lowest BCUT2D eigenvalue weighted by Crippen LogP contribution is -2.19. The predicted molar refractivity (Wildman–Crippen MR) is 66.1 cm³/mol. The summed E-state index contributed by atoms with van der Waals surface area (Å²) < 4.78 is 0. The number of aromatic amines is 1. The van der Waals surface area contributed by atoms with Crippen molar-refractivity contribution in [2.45, 2.75) is 41.2 Å². The Morgan fingerprint density at radius 2 is 1.94 bits per heavy atom. The molecule has 0 radical (unpaired) electrons. The van der Waals surface area contributed by atoms with E-state index < -0.39 is 0 Å². The van der Waals surface area contributed by atoms with Crippen molar-refractivity contribution in [2.75, 3.05) is 6.54 Å². The maximum atomic E-state index is 4.19. The second-order valence-electron chi connectivity index (χ2n) is 6.12. The first-order valence-electron chi connectivity index (χ1n) is 6.07. The summed E-state index contributed by atoms with van der Waals surface area (Å²) in [7, 11) is 0. The number of imidazole rings is 1. The summed E-state index contributed by atoms with van der Waals surface area (Å²) in [5.74, 6) is 1.77. The Hall–Kier alpha value is -0.830. The number of nitrogens with zero attached hydrogens (tertiary/aromatic N) is 1. The summed E-state index contributed by atoms with van der Waals surface area (Å²) in [6, 6.07) is 0. The zero-order chi connectivity index (χ0) is 12.0. The van der Waals surface area contributed by atoms with Gasteiger partial charge in [-0.05, 0) is 30.2 Å². The molecule has 3 heteroatoms. The van der Waals surface area contributed by atoms with Crippen LogP contribution in [0, 0.1) is 23.7 Å². The van der Waals surface area contributed by atoms with Crippen molar-refractivity contribution in [3.05, 3.63) is 17.7 Å². The summed E-state index contributed by atoms with van der Waals surface area (Å²) in [5.41, 5.74) is 2.13. The fourth-order valence-electron chi connectivity index (χ4n) is 2.76. The van der Waals surface area contributed by atoms with Crippen molar-refractivity contribution < 1.29 is 0 Å². The minimum absolute atomic E-state index is 0.476. The third kappa shape index (κ3) is 1.77. The van der Waals surface area contributed by atoms with E-state index in [1.807, 2.05) is 13.1 Å². The van der Waals surface area contributed by atoms with Crippen LogP contribution in [0.2, 0.25) is 0 Å². The molecule has 1 aliphatic carbocycles. The molecule has 1 aliphatic rings. The Balaban J connectivity index is 1.78. The molecule has 1 aromatic rings. The molecule has 2 rings (SSSR count). The van der Waals surface area contributed by atoms with Crippen LogP contribution in [-0.4, -0.2) is 16.5 Å². The van der Waals surface area contributed by atoms with Gasteiger partial charge in [-0.25, -0.2) is 4.98 Å². The van der Waals surface area contributed by atoms with Gasteiger partial charge in [0.15, 0.2) is 0 Å². The number of H-pyrrole nitrogens is 1. The molecular weight excluding hydrogens is 198 g/mol. The van der Waals surface area contributed by atoms with Gasteiger partial charge >= 0.3 is 0 Å². The molecule has 16 heavy (non-hydrogen) atoms. The Morgan fingerprint density at radius 3 is 2.38 bits per heavy atom. The highest BCUT2D eigenvalue weighted by Crippen LogP contribution is 2.67. The molecule has 0 spiro atoms. The first-order valence-corrected chi connectivity index (χ1v) is 6.07. The van der Waals surface area contributed by atoms with Crippen LogP contribution < -0.4 is 5.32 Å². The van der Waals surface area contributed by atoms with Gasteiger partial charge in [0, 0.05) is 18.4 Å². The van der Waals surface area contributed by atoms with Gasteiger partial charge in [-0.15, -0.1) is 0 Å². The van der Waals surface area contributed by atoms with Crippen LogP contribution >= 0.6 is 0 Å². The van der Waals surface area contributed by atoms with E-state index in [1.165, 1.54) is 5.69 Å². The van der Waals surface area contributed by atoms with E-state index in [4.69, 9.17) is 0 Å². The lowest BCUT2D eigenvalue weighted by Gasteiger charge is -2.04. The number of aromatic nitrogens is 2. The van der Waals surface area contributed by atoms with Crippen LogP contribution in [-0.2, 0) is 6.54 Å². The quantitative estimate of drug-likeness (QED) is 0.820. The minimum atomic E-state index is 0.476. The Labute approximate surface area is 98.1 Å². The first kappa shape index (κ1) is 11.6. The minimum Gasteiger partial charge on any atom is -0.345 e. The van der Waals surface area contributed by atoms with Crippen molar-refractivity contribution >= 4 is 0 Å². The molecule has 0 aliphatic heterocycles. The molecule has 0 aromatic carbocycles. The molecule has 0 bridgehead atoms. The number of nitrogens with one attached hydrogen (secondary N) is 2. The zero-order valence-electron chi connectivity index (χ0n) is 11.0. The van der Waals surface area contributed by atoms with E-state index in [0.717, 1.165) is 24.8 Å². The van der Waals surface area contributed by atoms with Gasteiger partial charge in [0.05, 0.1) is 0 Å². The number of hydrogen-bond acceptors (Lipinski definition) is 2. The molecule has 0 amide bonds. The fraction of sp³-hybridized carbons (Fsp3) is 0.769. The third-order valence-electron chi connectivity index (χ3n) is 4.74. The molecule has 1 heterocycles. The van der Waals surface area contributed by atoms with Gasteiger partial charge in [0.1, 0.15) is 5.82 Å². The second-order valence-corrected chi connectivity index (χ2v) is 6.12. The topological polar surface area (TPSA) is 40.7 Å². The fourth-order valence-corrected chi connectivity index (χ4v) is 2.76. The molecule has 90 valence electrons. The SMILES string of the molecule is Cc1ncc(CNCC2C(C)(C)C2(C)C)[nH]1. The maximum absolute atomic E-state index is 4.19. The summed E-state index contributed by atoms with van der Waals surface area (Å²) in [6.07, 6.45) is 1.91. The summed E-state index contributed by atoms with van der Waals surface area (Å²) in [5, 5.41) is 3.52. The van der Waals surface area contributed by atoms with E-state index in [0.29, 0.717) is 10.8 Å². The lowest BCUT2D eigenvalue weighted by atomic mass is 10.0. The summed E-state index contributed by atoms with van der Waals surface area (Å²) in [6.45, 7) is 13.4. The first-order chi connectivity index (χ1) is 7.35. The highest BCUT2D eigenvalue weighted by Gasteiger charge is 2.63. The normalized spacial score (nSPS) is 22.3. The standard InChI is InChI=1S/C13H23N3/c1-9-15-7-10(16-9)6-14-8-11-12(2,3)13(11,4)5/h7,11,14H,6,8H2,1-5H3,(H,15,16). The average molecular weight is 221 g/mol. The molecule has 1 aromatic heterocycles. The van der Waals surface area contributed by atoms with E-state index >= 15 is 0 Å². The van der Waals surface area contributed by atoms with Crippen LogP contribution in [0.15, 0.2) is 6.20 Å². The Bertz CT molecular complexity index is 362. The van der Waals surface area contributed by atoms with Gasteiger partial charge in [-0.1, -0.05) is 27.7 Å². The third-order valence-corrected chi connectivity index (χ3v) is 4.74. The van der Waals surface area contributed by atoms with Crippen LogP contribution in [0.4, 0.5) is 0 Å². The molecule has 0 atom stereocenters. The van der Waals surface area contributed by atoms with Gasteiger partial charge < -0.3 is 10.3 Å². The number of hydrogen-bond donors (Lipinski definition) is 2. The van der Waals surface area contributed by atoms with Crippen LogP contribution in [0.25, 0.3) is 0 Å². The Morgan fingerprint density at radius 1 is 1.31 bits per heavy atom. The van der Waals surface area contributed by atoms with E-state index in [9.17, 15) is 0 Å². The summed E-state index contributed by atoms with van der Waals surface area (Å²) >= 11 is 0. The van der Waals surface area contributed by atoms with Crippen molar-refractivity contribution in [2.24, 2.45) is 16.7 Å². The van der Waals surface area contributed by atoms with Crippen molar-refractivity contribution in [3.63, 3.8) is 0 Å². The number of rotatable bonds is 4. The van der Waals surface area contributed by atoms with Crippen molar-refractivity contribution in [3.8, 4) is 0 Å². The second kappa shape index (κ2) is 3.59. The molecular formula is C13H23N3. The van der Waals surface area contributed by atoms with Gasteiger partial charge in [0.25, 0.3) is 0 Å². The molecule has 1 fully saturated rings. The van der Waals surface area contributed by atoms with Crippen molar-refractivity contribution in [1.29, 1.82) is 0 Å². The van der Waals surface area contributed by atoms with Crippen molar-refractivity contribution in [1.82, 2.24) is 15.3 Å². The van der Waals surface area contributed by atoms with E-state index in [1.54, 1.807) is 0 Å². The summed E-state index contributed by atoms with van der Waals surface area (Å²) in [4.78, 5) is 7.43. The molecule has 1 saturated carbocycles. The molecule has 3 nitrogen and oxygen atoms in total. The van der Waals surface area contributed by atoms with Gasteiger partial charge in [-0.2, -0.15) is 0 Å². The maximum Gasteiger partial charge on any atom is 0.103 e. The smallest absolute Gasteiger partial charge is 0.103 e.